The Morgan fingerprint density at radius 3 is 2.46 bits per heavy atom. The van der Waals surface area contributed by atoms with E-state index in [9.17, 15) is 4.79 Å². The molecule has 0 aromatic heterocycles. The van der Waals surface area contributed by atoms with Gasteiger partial charge in [0.25, 0.3) is 0 Å². The first-order valence-corrected chi connectivity index (χ1v) is 9.31. The molecule has 0 aliphatic carbocycles. The quantitative estimate of drug-likeness (QED) is 0.517. The van der Waals surface area contributed by atoms with Gasteiger partial charge < -0.3 is 0 Å². The van der Waals surface area contributed by atoms with Crippen LogP contribution in [-0.2, 0) is 15.2 Å². The van der Waals surface area contributed by atoms with E-state index >= 15 is 0 Å². The lowest BCUT2D eigenvalue weighted by atomic mass is 9.82. The third-order valence-electron chi connectivity index (χ3n) is 5.35. The van der Waals surface area contributed by atoms with Gasteiger partial charge in [-0.3, -0.25) is 4.84 Å². The van der Waals surface area contributed by atoms with Crippen molar-refractivity contribution >= 4 is 11.7 Å². The normalized spacial score (nSPS) is 19.6. The van der Waals surface area contributed by atoms with E-state index in [1.807, 2.05) is 38.1 Å². The minimum absolute atomic E-state index is 0.00451. The second-order valence-electron chi connectivity index (χ2n) is 8.99. The van der Waals surface area contributed by atoms with Crippen molar-refractivity contribution in [2.24, 2.45) is 4.99 Å². The van der Waals surface area contributed by atoms with Crippen molar-refractivity contribution in [2.75, 3.05) is 6.61 Å². The lowest BCUT2D eigenvalue weighted by molar-refractivity contribution is -0.272. The van der Waals surface area contributed by atoms with E-state index in [0.29, 0.717) is 6.61 Å². The molecule has 0 N–H and O–H groups in total. The molecule has 142 valence electrons. The summed E-state index contributed by atoms with van der Waals surface area (Å²) in [7, 11) is 0. The Hall–Kier alpha value is -1.74. The van der Waals surface area contributed by atoms with Crippen LogP contribution in [0.5, 0.6) is 0 Å². The molecule has 0 saturated carbocycles. The highest BCUT2D eigenvalue weighted by molar-refractivity contribution is 5.65. The summed E-state index contributed by atoms with van der Waals surface area (Å²) in [5.41, 5.74) is 2.28. The summed E-state index contributed by atoms with van der Waals surface area (Å²) >= 11 is 0. The lowest BCUT2D eigenvalue weighted by Gasteiger charge is -2.51. The van der Waals surface area contributed by atoms with Gasteiger partial charge in [0.05, 0.1) is 12.1 Å². The predicted molar refractivity (Wildman–Crippen MR) is 106 cm³/mol. The molecule has 4 nitrogen and oxygen atoms in total. The molecule has 1 aliphatic heterocycles. The molecule has 1 aliphatic rings. The van der Waals surface area contributed by atoms with Crippen LogP contribution in [0.2, 0.25) is 0 Å². The van der Waals surface area contributed by atoms with Crippen LogP contribution in [0.25, 0.3) is 5.57 Å². The first-order chi connectivity index (χ1) is 12.0. The molecule has 26 heavy (non-hydrogen) atoms. The number of hydrogen-bond acceptors (Lipinski definition) is 4. The van der Waals surface area contributed by atoms with E-state index in [2.05, 4.69) is 44.3 Å². The first-order valence-electron chi connectivity index (χ1n) is 9.31. The van der Waals surface area contributed by atoms with Gasteiger partial charge in [0.15, 0.2) is 0 Å². The average molecular weight is 357 g/mol. The van der Waals surface area contributed by atoms with Gasteiger partial charge in [-0.1, -0.05) is 24.8 Å². The smallest absolute Gasteiger partial charge is 0.235 e. The highest BCUT2D eigenvalue weighted by Gasteiger charge is 2.42. The van der Waals surface area contributed by atoms with Crippen LogP contribution in [0.4, 0.5) is 0 Å². The Balaban J connectivity index is 2.14. The molecule has 1 heterocycles. The monoisotopic (exact) mass is 356 g/mol. The highest BCUT2D eigenvalue weighted by Crippen LogP contribution is 2.38. The van der Waals surface area contributed by atoms with Gasteiger partial charge in [-0.15, -0.1) is 0 Å². The molecular weight excluding hydrogens is 324 g/mol. The molecule has 1 aromatic rings. The maximum Gasteiger partial charge on any atom is 0.235 e. The SMILES string of the molecule is C=C(CON1C(C)(C)CCCC1(C)C)c1cccc(C(C)(C)N=C=O)c1. The molecule has 0 spiro atoms. The van der Waals surface area contributed by atoms with Crippen LogP contribution < -0.4 is 0 Å². The van der Waals surface area contributed by atoms with Gasteiger partial charge in [0.1, 0.15) is 0 Å². The van der Waals surface area contributed by atoms with Crippen molar-refractivity contribution in [1.82, 2.24) is 5.06 Å². The summed E-state index contributed by atoms with van der Waals surface area (Å²) in [5, 5.41) is 2.15. The number of piperidine rings is 1. The Morgan fingerprint density at radius 2 is 1.88 bits per heavy atom. The lowest BCUT2D eigenvalue weighted by Crippen LogP contribution is -2.58. The maximum absolute atomic E-state index is 10.7. The summed E-state index contributed by atoms with van der Waals surface area (Å²) < 4.78 is 0. The van der Waals surface area contributed by atoms with Gasteiger partial charge in [-0.25, -0.2) is 4.79 Å². The second-order valence-corrected chi connectivity index (χ2v) is 8.99. The molecular formula is C22H32N2O2. The van der Waals surface area contributed by atoms with E-state index in [1.54, 1.807) is 6.08 Å². The molecule has 1 saturated heterocycles. The minimum Gasteiger partial charge on any atom is -0.293 e. The third-order valence-corrected chi connectivity index (χ3v) is 5.35. The van der Waals surface area contributed by atoms with Crippen LogP contribution >= 0.6 is 0 Å². The summed E-state index contributed by atoms with van der Waals surface area (Å²) in [5.74, 6) is 0. The number of nitrogens with zero attached hydrogens (tertiary/aromatic N) is 2. The molecule has 0 atom stereocenters. The maximum atomic E-state index is 10.7. The number of hydrogen-bond donors (Lipinski definition) is 0. The summed E-state index contributed by atoms with van der Waals surface area (Å²) in [4.78, 5) is 20.8. The van der Waals surface area contributed by atoms with Gasteiger partial charge in [-0.2, -0.15) is 10.1 Å². The van der Waals surface area contributed by atoms with Crippen molar-refractivity contribution in [3.63, 3.8) is 0 Å². The number of hydroxylamine groups is 2. The van der Waals surface area contributed by atoms with Gasteiger partial charge in [-0.05, 0) is 83.6 Å². The van der Waals surface area contributed by atoms with Crippen LogP contribution in [0.1, 0.15) is 71.9 Å². The summed E-state index contributed by atoms with van der Waals surface area (Å²) in [6, 6.07) is 7.98. The zero-order chi connectivity index (χ0) is 19.6. The fraction of sp³-hybridized carbons (Fsp3) is 0.591. The fourth-order valence-corrected chi connectivity index (χ4v) is 3.85. The Bertz CT molecular complexity index is 697. The van der Waals surface area contributed by atoms with Gasteiger partial charge in [0, 0.05) is 11.1 Å². The molecule has 4 heteroatoms. The second kappa shape index (κ2) is 7.48. The number of isocyanates is 1. The summed E-state index contributed by atoms with van der Waals surface area (Å²) in [6.45, 7) is 17.4. The minimum atomic E-state index is -0.601. The topological polar surface area (TPSA) is 41.9 Å². The zero-order valence-electron chi connectivity index (χ0n) is 17.1. The predicted octanol–water partition coefficient (Wildman–Crippen LogP) is 5.25. The van der Waals surface area contributed by atoms with Crippen molar-refractivity contribution < 1.29 is 9.63 Å². The van der Waals surface area contributed by atoms with Crippen molar-refractivity contribution in [3.8, 4) is 0 Å². The number of benzene rings is 1. The molecule has 0 amide bonds. The summed E-state index contributed by atoms with van der Waals surface area (Å²) in [6.07, 6.45) is 5.12. The zero-order valence-corrected chi connectivity index (χ0v) is 17.1. The van der Waals surface area contributed by atoms with Crippen LogP contribution in [0.15, 0.2) is 35.8 Å². The Kier molecular flexibility index (Phi) is 5.92. The van der Waals surface area contributed by atoms with Crippen molar-refractivity contribution in [1.29, 1.82) is 0 Å². The average Bonchev–Trinajstić information content (AvgIpc) is 2.53. The van der Waals surface area contributed by atoms with Crippen LogP contribution in [-0.4, -0.2) is 28.8 Å². The third kappa shape index (κ3) is 4.50. The van der Waals surface area contributed by atoms with Crippen LogP contribution in [0, 0.1) is 0 Å². The molecule has 2 rings (SSSR count). The largest absolute Gasteiger partial charge is 0.293 e. The first kappa shape index (κ1) is 20.6. The highest BCUT2D eigenvalue weighted by atomic mass is 16.7. The standard InChI is InChI=1S/C22H32N2O2/c1-17(15-26-24-20(2,3)12-9-13-21(24,4)5)18-10-8-11-19(14-18)22(6,7)23-16-25/h8,10-11,14H,1,9,12-13,15H2,2-7H3. The molecule has 0 radical (unpaired) electrons. The van der Waals surface area contributed by atoms with E-state index in [1.165, 1.54) is 6.42 Å². The van der Waals surface area contributed by atoms with Crippen molar-refractivity contribution in [2.45, 2.75) is 77.4 Å². The number of aliphatic imine (C=N–C) groups is 1. The van der Waals surface area contributed by atoms with E-state index in [0.717, 1.165) is 29.5 Å². The molecule has 1 fully saturated rings. The number of rotatable bonds is 6. The molecule has 1 aromatic carbocycles. The van der Waals surface area contributed by atoms with Crippen LogP contribution in [0.3, 0.4) is 0 Å². The van der Waals surface area contributed by atoms with E-state index < -0.39 is 5.54 Å². The molecule has 0 unspecified atom stereocenters. The van der Waals surface area contributed by atoms with Gasteiger partial charge >= 0.3 is 0 Å². The van der Waals surface area contributed by atoms with Gasteiger partial charge in [0.2, 0.25) is 6.08 Å². The fourth-order valence-electron chi connectivity index (χ4n) is 3.85. The van der Waals surface area contributed by atoms with E-state index in [-0.39, 0.29) is 11.1 Å². The molecule has 0 bridgehead atoms. The van der Waals surface area contributed by atoms with E-state index in [4.69, 9.17) is 4.84 Å². The Labute approximate surface area is 157 Å². The number of carbonyl (C=O) groups excluding carboxylic acids is 1. The van der Waals surface area contributed by atoms with Crippen molar-refractivity contribution in [3.05, 3.63) is 42.0 Å². The Morgan fingerprint density at radius 1 is 1.27 bits per heavy atom.